The topological polar surface area (TPSA) is 79.8 Å². The molecule has 0 spiro atoms. The van der Waals surface area contributed by atoms with Crippen LogP contribution in [0.25, 0.3) is 0 Å². The van der Waals surface area contributed by atoms with Crippen molar-refractivity contribution in [2.45, 2.75) is 105 Å². The molecule has 190 valence electrons. The maximum Gasteiger partial charge on any atom is 0.205 e. The number of phenols is 1. The van der Waals surface area contributed by atoms with Crippen molar-refractivity contribution in [2.24, 2.45) is 10.9 Å². The summed E-state index contributed by atoms with van der Waals surface area (Å²) in [5.41, 5.74) is 2.96. The number of rotatable bonds is 9. The van der Waals surface area contributed by atoms with E-state index in [4.69, 9.17) is 0 Å². The molecule has 1 aromatic heterocycles. The lowest BCUT2D eigenvalue weighted by molar-refractivity contribution is 0.0970. The fourth-order valence-electron chi connectivity index (χ4n) is 4.52. The van der Waals surface area contributed by atoms with Gasteiger partial charge in [0.15, 0.2) is 5.78 Å². The van der Waals surface area contributed by atoms with Crippen molar-refractivity contribution in [1.82, 2.24) is 9.13 Å². The molecule has 0 atom stereocenters. The third kappa shape index (κ3) is 6.21. The minimum atomic E-state index is -0.306. The summed E-state index contributed by atoms with van der Waals surface area (Å²) in [6.45, 7) is 17.4. The molecule has 0 saturated carbocycles. The van der Waals surface area contributed by atoms with Crippen LogP contribution in [0.4, 0.5) is 0 Å². The van der Waals surface area contributed by atoms with Crippen LogP contribution in [0.1, 0.15) is 102 Å². The first-order valence-electron chi connectivity index (χ1n) is 12.5. The van der Waals surface area contributed by atoms with E-state index in [9.17, 15) is 15.0 Å². The molecule has 0 fully saturated rings. The van der Waals surface area contributed by atoms with Crippen LogP contribution < -0.4 is 5.62 Å². The number of carbonyl (C=O) groups excluding carboxylic acids is 1. The molecule has 0 saturated heterocycles. The minimum Gasteiger partial charge on any atom is -0.507 e. The maximum absolute atomic E-state index is 13.5. The third-order valence-electron chi connectivity index (χ3n) is 6.79. The zero-order chi connectivity index (χ0) is 25.8. The van der Waals surface area contributed by atoms with Crippen LogP contribution in [0.15, 0.2) is 23.3 Å². The van der Waals surface area contributed by atoms with Gasteiger partial charge in [0.05, 0.1) is 18.8 Å². The molecule has 0 amide bonds. The van der Waals surface area contributed by atoms with E-state index in [1.54, 1.807) is 7.05 Å². The Balaban J connectivity index is 2.50. The second-order valence-electron chi connectivity index (χ2n) is 11.4. The van der Waals surface area contributed by atoms with E-state index >= 15 is 0 Å². The van der Waals surface area contributed by atoms with Gasteiger partial charge < -0.3 is 19.3 Å². The van der Waals surface area contributed by atoms with Crippen LogP contribution in [-0.4, -0.2) is 32.2 Å². The molecule has 2 aromatic rings. The Morgan fingerprint density at radius 2 is 1.56 bits per heavy atom. The molecule has 0 aliphatic carbocycles. The van der Waals surface area contributed by atoms with Crippen LogP contribution in [0.5, 0.6) is 5.75 Å². The van der Waals surface area contributed by atoms with E-state index in [0.29, 0.717) is 17.1 Å². The van der Waals surface area contributed by atoms with Gasteiger partial charge in [-0.2, -0.15) is 0 Å². The molecule has 0 bridgehead atoms. The van der Waals surface area contributed by atoms with Gasteiger partial charge in [0.2, 0.25) is 5.62 Å². The molecule has 0 aliphatic rings. The van der Waals surface area contributed by atoms with Gasteiger partial charge in [0.1, 0.15) is 5.75 Å². The number of phenolic OH excluding ortho intramolecular Hbond substituents is 1. The van der Waals surface area contributed by atoms with Crippen molar-refractivity contribution in [1.29, 1.82) is 0 Å². The number of hydrogen-bond acceptors (Lipinski definition) is 4. The fraction of sp³-hybridized carbons (Fsp3) is 0.643. The van der Waals surface area contributed by atoms with Crippen LogP contribution in [0.2, 0.25) is 0 Å². The molecular weight excluding hydrogens is 426 g/mol. The van der Waals surface area contributed by atoms with Gasteiger partial charge in [-0.05, 0) is 35.3 Å². The summed E-state index contributed by atoms with van der Waals surface area (Å²) >= 11 is 0. The number of Topliss-reactive ketones (excluding diaryl/α,β-unsaturated/α-hetero) is 1. The summed E-state index contributed by atoms with van der Waals surface area (Å²) in [5, 5.41) is 21.0. The van der Waals surface area contributed by atoms with E-state index in [2.05, 4.69) is 18.8 Å². The number of carbonyl (C=O) groups is 1. The van der Waals surface area contributed by atoms with Crippen LogP contribution in [0.3, 0.4) is 0 Å². The number of aliphatic hydroxyl groups is 1. The fourth-order valence-corrected chi connectivity index (χ4v) is 4.52. The lowest BCUT2D eigenvalue weighted by atomic mass is 9.78. The largest absolute Gasteiger partial charge is 0.507 e. The lowest BCUT2D eigenvalue weighted by Gasteiger charge is -2.28. The molecule has 1 aromatic carbocycles. The number of hydrogen-bond donors (Lipinski definition) is 2. The van der Waals surface area contributed by atoms with Crippen molar-refractivity contribution in [3.63, 3.8) is 0 Å². The number of benzene rings is 1. The number of nitrogens with zero attached hydrogens (tertiary/aromatic N) is 3. The SMILES string of the molecule is CCC(CC)CCn1c(CO)cn(CC(=O)c2cc(C(C)(C)C)c(O)c(C(C)(C)C)c2)/c1=N/C. The number of aromatic hydroxyl groups is 1. The number of aromatic nitrogens is 2. The first-order chi connectivity index (χ1) is 15.8. The summed E-state index contributed by atoms with van der Waals surface area (Å²) in [4.78, 5) is 18.0. The van der Waals surface area contributed by atoms with Gasteiger partial charge in [-0.25, -0.2) is 0 Å². The average molecular weight is 472 g/mol. The molecular formula is C28H45N3O3. The Bertz CT molecular complexity index is 1020. The molecule has 6 nitrogen and oxygen atoms in total. The van der Waals surface area contributed by atoms with Crippen molar-refractivity contribution in [3.05, 3.63) is 46.3 Å². The highest BCUT2D eigenvalue weighted by Crippen LogP contribution is 2.39. The summed E-state index contributed by atoms with van der Waals surface area (Å²) in [6.07, 6.45) is 5.09. The highest BCUT2D eigenvalue weighted by atomic mass is 16.3. The predicted octanol–water partition coefficient (Wildman–Crippen LogP) is 5.32. The van der Waals surface area contributed by atoms with Gasteiger partial charge in [-0.1, -0.05) is 68.2 Å². The molecule has 2 N–H and O–H groups in total. The summed E-state index contributed by atoms with van der Waals surface area (Å²) in [5.74, 6) is 0.841. The van der Waals surface area contributed by atoms with Gasteiger partial charge in [-0.15, -0.1) is 0 Å². The Kier molecular flexibility index (Phi) is 8.98. The van der Waals surface area contributed by atoms with E-state index in [1.807, 2.05) is 69.0 Å². The van der Waals surface area contributed by atoms with Crippen molar-refractivity contribution in [3.8, 4) is 5.75 Å². The number of aliphatic hydroxyl groups excluding tert-OH is 1. The first-order valence-corrected chi connectivity index (χ1v) is 12.5. The van der Waals surface area contributed by atoms with E-state index < -0.39 is 0 Å². The third-order valence-corrected chi connectivity index (χ3v) is 6.79. The summed E-state index contributed by atoms with van der Waals surface area (Å²) < 4.78 is 3.87. The second kappa shape index (κ2) is 10.9. The van der Waals surface area contributed by atoms with Crippen LogP contribution >= 0.6 is 0 Å². The normalized spacial score (nSPS) is 13.2. The molecule has 0 unspecified atom stereocenters. The maximum atomic E-state index is 13.5. The Morgan fingerprint density at radius 3 is 1.97 bits per heavy atom. The van der Waals surface area contributed by atoms with Gasteiger partial charge in [-0.3, -0.25) is 9.79 Å². The highest BCUT2D eigenvalue weighted by Gasteiger charge is 2.28. The average Bonchev–Trinajstić information content (AvgIpc) is 3.08. The van der Waals surface area contributed by atoms with Crippen molar-refractivity contribution in [2.75, 3.05) is 7.05 Å². The van der Waals surface area contributed by atoms with E-state index in [-0.39, 0.29) is 35.5 Å². The van der Waals surface area contributed by atoms with Crippen molar-refractivity contribution < 1.29 is 15.0 Å². The first kappa shape index (κ1) is 27.9. The minimum absolute atomic E-state index is 0.0486. The highest BCUT2D eigenvalue weighted by molar-refractivity contribution is 5.96. The second-order valence-corrected chi connectivity index (χ2v) is 11.4. The molecule has 0 radical (unpaired) electrons. The van der Waals surface area contributed by atoms with Gasteiger partial charge >= 0.3 is 0 Å². The molecule has 1 heterocycles. The number of imidazole rings is 1. The van der Waals surface area contributed by atoms with Crippen molar-refractivity contribution >= 4 is 5.78 Å². The monoisotopic (exact) mass is 471 g/mol. The molecule has 2 rings (SSSR count). The lowest BCUT2D eigenvalue weighted by Crippen LogP contribution is -2.30. The molecule has 34 heavy (non-hydrogen) atoms. The van der Waals surface area contributed by atoms with E-state index in [1.165, 1.54) is 0 Å². The Hall–Kier alpha value is -2.34. The number of ketones is 1. The van der Waals surface area contributed by atoms with Crippen LogP contribution in [-0.2, 0) is 30.5 Å². The van der Waals surface area contributed by atoms with Gasteiger partial charge in [0, 0.05) is 36.5 Å². The Labute approximate surface area is 205 Å². The van der Waals surface area contributed by atoms with E-state index in [0.717, 1.165) is 42.6 Å². The molecule has 0 aliphatic heterocycles. The quantitative estimate of drug-likeness (QED) is 0.486. The molecule has 6 heteroatoms. The summed E-state index contributed by atoms with van der Waals surface area (Å²) in [7, 11) is 1.72. The van der Waals surface area contributed by atoms with Crippen LogP contribution in [0, 0.1) is 5.92 Å². The zero-order valence-electron chi connectivity index (χ0n) is 22.7. The Morgan fingerprint density at radius 1 is 1.03 bits per heavy atom. The zero-order valence-corrected chi connectivity index (χ0v) is 22.7. The smallest absolute Gasteiger partial charge is 0.205 e. The van der Waals surface area contributed by atoms with Gasteiger partial charge in [0.25, 0.3) is 0 Å². The standard InChI is InChI=1S/C28H45N3O3/c1-10-19(11-2)12-13-31-21(18-32)16-30(26(31)29-9)17-24(33)20-14-22(27(3,4)5)25(34)23(15-20)28(6,7)8/h14-16,19,32,34H,10-13,17-18H2,1-9H3/b29-26-. The summed E-state index contributed by atoms with van der Waals surface area (Å²) in [6, 6.07) is 3.65. The predicted molar refractivity (Wildman–Crippen MR) is 138 cm³/mol.